The molecular formula is C10H16N2O4S2. The summed E-state index contributed by atoms with van der Waals surface area (Å²) in [5.41, 5.74) is 5.92. The SMILES string of the molecule is CC(CS(C)(=O)=O)NS(=O)(=O)c1ccc(N)cc1. The van der Waals surface area contributed by atoms with E-state index < -0.39 is 25.9 Å². The summed E-state index contributed by atoms with van der Waals surface area (Å²) in [4.78, 5) is 0.0528. The third kappa shape index (κ3) is 4.63. The van der Waals surface area contributed by atoms with Gasteiger partial charge < -0.3 is 5.73 Å². The minimum Gasteiger partial charge on any atom is -0.399 e. The number of hydrogen-bond donors (Lipinski definition) is 2. The van der Waals surface area contributed by atoms with Crippen molar-refractivity contribution in [3.05, 3.63) is 24.3 Å². The van der Waals surface area contributed by atoms with Crippen LogP contribution in [0.2, 0.25) is 0 Å². The van der Waals surface area contributed by atoms with Crippen molar-refractivity contribution in [1.82, 2.24) is 4.72 Å². The van der Waals surface area contributed by atoms with Crippen LogP contribution in [0, 0.1) is 0 Å². The number of benzene rings is 1. The molecule has 0 saturated carbocycles. The quantitative estimate of drug-likeness (QED) is 0.742. The zero-order valence-corrected chi connectivity index (χ0v) is 11.8. The summed E-state index contributed by atoms with van der Waals surface area (Å²) >= 11 is 0. The lowest BCUT2D eigenvalue weighted by Gasteiger charge is -2.13. The van der Waals surface area contributed by atoms with E-state index in [1.807, 2.05) is 0 Å². The van der Waals surface area contributed by atoms with Gasteiger partial charge in [-0.2, -0.15) is 0 Å². The number of nitrogens with two attached hydrogens (primary N) is 1. The second kappa shape index (κ2) is 5.25. The molecule has 0 saturated heterocycles. The highest BCUT2D eigenvalue weighted by Crippen LogP contribution is 2.12. The van der Waals surface area contributed by atoms with Gasteiger partial charge in [0.25, 0.3) is 0 Å². The van der Waals surface area contributed by atoms with Gasteiger partial charge in [-0.3, -0.25) is 0 Å². The van der Waals surface area contributed by atoms with Crippen LogP contribution in [0.1, 0.15) is 6.92 Å². The van der Waals surface area contributed by atoms with Crippen molar-refractivity contribution in [1.29, 1.82) is 0 Å². The lowest BCUT2D eigenvalue weighted by Crippen LogP contribution is -2.37. The molecule has 0 radical (unpaired) electrons. The second-order valence-electron chi connectivity index (χ2n) is 4.18. The Morgan fingerprint density at radius 1 is 1.17 bits per heavy atom. The van der Waals surface area contributed by atoms with Crippen molar-refractivity contribution >= 4 is 25.5 Å². The highest BCUT2D eigenvalue weighted by molar-refractivity contribution is 7.91. The molecule has 1 unspecified atom stereocenters. The number of anilines is 1. The number of nitrogen functional groups attached to an aromatic ring is 1. The molecule has 0 aromatic heterocycles. The highest BCUT2D eigenvalue weighted by atomic mass is 32.2. The Morgan fingerprint density at radius 2 is 1.67 bits per heavy atom. The Hall–Kier alpha value is -1.12. The van der Waals surface area contributed by atoms with Crippen molar-refractivity contribution in [2.24, 2.45) is 0 Å². The highest BCUT2D eigenvalue weighted by Gasteiger charge is 2.19. The van der Waals surface area contributed by atoms with Crippen LogP contribution in [0.15, 0.2) is 29.2 Å². The summed E-state index contributed by atoms with van der Waals surface area (Å²) in [5, 5.41) is 0. The number of rotatable bonds is 5. The van der Waals surface area contributed by atoms with Gasteiger partial charge in [-0.25, -0.2) is 21.6 Å². The number of sulfone groups is 1. The van der Waals surface area contributed by atoms with Crippen LogP contribution in [0.3, 0.4) is 0 Å². The number of hydrogen-bond acceptors (Lipinski definition) is 5. The molecule has 0 aliphatic carbocycles. The lowest BCUT2D eigenvalue weighted by molar-refractivity contribution is 0.564. The standard InChI is InChI=1S/C10H16N2O4S2/c1-8(7-17(2,13)14)12-18(15,16)10-5-3-9(11)4-6-10/h3-6,8,12H,7,11H2,1-2H3. The number of nitrogens with one attached hydrogen (secondary N) is 1. The summed E-state index contributed by atoms with van der Waals surface area (Å²) < 4.78 is 48.2. The van der Waals surface area contributed by atoms with Gasteiger partial charge >= 0.3 is 0 Å². The van der Waals surface area contributed by atoms with E-state index in [0.29, 0.717) is 5.69 Å². The van der Waals surface area contributed by atoms with Crippen LogP contribution in [-0.2, 0) is 19.9 Å². The zero-order valence-electron chi connectivity index (χ0n) is 10.1. The van der Waals surface area contributed by atoms with E-state index in [9.17, 15) is 16.8 Å². The first-order valence-electron chi connectivity index (χ1n) is 5.16. The lowest BCUT2D eigenvalue weighted by atomic mass is 10.3. The van der Waals surface area contributed by atoms with Crippen LogP contribution in [-0.4, -0.2) is 34.9 Å². The fourth-order valence-electron chi connectivity index (χ4n) is 1.47. The van der Waals surface area contributed by atoms with E-state index in [1.54, 1.807) is 0 Å². The molecule has 18 heavy (non-hydrogen) atoms. The third-order valence-corrected chi connectivity index (χ3v) is 4.81. The van der Waals surface area contributed by atoms with Crippen molar-refractivity contribution in [3.8, 4) is 0 Å². The Bertz CT molecular complexity index is 606. The van der Waals surface area contributed by atoms with E-state index in [0.717, 1.165) is 6.26 Å². The van der Waals surface area contributed by atoms with Crippen molar-refractivity contribution in [3.63, 3.8) is 0 Å². The van der Waals surface area contributed by atoms with Crippen molar-refractivity contribution in [2.45, 2.75) is 17.9 Å². The van der Waals surface area contributed by atoms with Gasteiger partial charge in [0.1, 0.15) is 9.84 Å². The minimum atomic E-state index is -3.72. The van der Waals surface area contributed by atoms with Gasteiger partial charge in [0.05, 0.1) is 10.6 Å². The molecule has 102 valence electrons. The van der Waals surface area contributed by atoms with E-state index >= 15 is 0 Å². The maximum atomic E-state index is 11.9. The molecule has 1 aromatic rings. The molecule has 1 aromatic carbocycles. The summed E-state index contributed by atoms with van der Waals surface area (Å²) in [7, 11) is -6.95. The van der Waals surface area contributed by atoms with Gasteiger partial charge in [0.15, 0.2) is 0 Å². The topological polar surface area (TPSA) is 106 Å². The monoisotopic (exact) mass is 292 g/mol. The normalized spacial score (nSPS) is 14.3. The Morgan fingerprint density at radius 3 is 2.11 bits per heavy atom. The Balaban J connectivity index is 2.86. The van der Waals surface area contributed by atoms with E-state index in [1.165, 1.54) is 31.2 Å². The fraction of sp³-hybridized carbons (Fsp3) is 0.400. The van der Waals surface area contributed by atoms with E-state index in [2.05, 4.69) is 4.72 Å². The van der Waals surface area contributed by atoms with Crippen LogP contribution >= 0.6 is 0 Å². The molecule has 0 heterocycles. The predicted octanol–water partition coefficient (Wildman–Crippen LogP) is -0.0198. The fourth-order valence-corrected chi connectivity index (χ4v) is 3.81. The van der Waals surface area contributed by atoms with Crippen LogP contribution in [0.4, 0.5) is 5.69 Å². The Labute approximate surface area is 107 Å². The van der Waals surface area contributed by atoms with Gasteiger partial charge in [-0.15, -0.1) is 0 Å². The number of sulfonamides is 1. The van der Waals surface area contributed by atoms with Gasteiger partial charge in [0.2, 0.25) is 10.0 Å². The predicted molar refractivity (Wildman–Crippen MR) is 70.3 cm³/mol. The zero-order chi connectivity index (χ0) is 14.0. The molecule has 0 fully saturated rings. The average Bonchev–Trinajstić information content (AvgIpc) is 2.13. The van der Waals surface area contributed by atoms with E-state index in [4.69, 9.17) is 5.73 Å². The Kier molecular flexibility index (Phi) is 4.36. The summed E-state index contributed by atoms with van der Waals surface area (Å²) in [6.45, 7) is 1.50. The van der Waals surface area contributed by atoms with E-state index in [-0.39, 0.29) is 10.6 Å². The van der Waals surface area contributed by atoms with Crippen molar-refractivity contribution < 1.29 is 16.8 Å². The molecule has 0 spiro atoms. The van der Waals surface area contributed by atoms with Gasteiger partial charge in [-0.05, 0) is 31.2 Å². The summed E-state index contributed by atoms with van der Waals surface area (Å²) in [5.74, 6) is -0.249. The van der Waals surface area contributed by atoms with Crippen molar-refractivity contribution in [2.75, 3.05) is 17.7 Å². The maximum Gasteiger partial charge on any atom is 0.240 e. The smallest absolute Gasteiger partial charge is 0.240 e. The third-order valence-electron chi connectivity index (χ3n) is 2.10. The summed E-state index contributed by atoms with van der Waals surface area (Å²) in [6.07, 6.45) is 1.06. The molecular weight excluding hydrogens is 276 g/mol. The molecule has 8 heteroatoms. The first kappa shape index (κ1) is 14.9. The molecule has 1 rings (SSSR count). The largest absolute Gasteiger partial charge is 0.399 e. The first-order valence-corrected chi connectivity index (χ1v) is 8.70. The van der Waals surface area contributed by atoms with Crippen LogP contribution in [0.25, 0.3) is 0 Å². The second-order valence-corrected chi connectivity index (χ2v) is 8.08. The van der Waals surface area contributed by atoms with Gasteiger partial charge in [0, 0.05) is 18.0 Å². The molecule has 6 nitrogen and oxygen atoms in total. The summed E-state index contributed by atoms with van der Waals surface area (Å²) in [6, 6.07) is 4.98. The minimum absolute atomic E-state index is 0.0528. The molecule has 0 amide bonds. The maximum absolute atomic E-state index is 11.9. The molecule has 0 aliphatic rings. The molecule has 1 atom stereocenters. The van der Waals surface area contributed by atoms with Gasteiger partial charge in [-0.1, -0.05) is 0 Å². The van der Waals surface area contributed by atoms with Crippen LogP contribution in [0.5, 0.6) is 0 Å². The first-order chi connectivity index (χ1) is 8.10. The molecule has 3 N–H and O–H groups in total. The van der Waals surface area contributed by atoms with Crippen LogP contribution < -0.4 is 10.5 Å². The average molecular weight is 292 g/mol. The molecule has 0 bridgehead atoms. The molecule has 0 aliphatic heterocycles.